The Bertz CT molecular complexity index is 447. The summed E-state index contributed by atoms with van der Waals surface area (Å²) in [6.45, 7) is 6.45. The average molecular weight is 277 g/mol. The predicted molar refractivity (Wildman–Crippen MR) is 81.9 cm³/mol. The van der Waals surface area contributed by atoms with Gasteiger partial charge in [-0.1, -0.05) is 33.6 Å². The van der Waals surface area contributed by atoms with E-state index in [-0.39, 0.29) is 12.5 Å². The zero-order valence-corrected chi connectivity index (χ0v) is 13.1. The van der Waals surface area contributed by atoms with Crippen LogP contribution in [0.25, 0.3) is 0 Å². The Balaban J connectivity index is 2.22. The van der Waals surface area contributed by atoms with Crippen LogP contribution < -0.4 is 4.90 Å². The Morgan fingerprint density at radius 2 is 2.15 bits per heavy atom. The molecule has 112 valence electrons. The summed E-state index contributed by atoms with van der Waals surface area (Å²) in [5.41, 5.74) is 1.74. The van der Waals surface area contributed by atoms with E-state index in [0.717, 1.165) is 23.1 Å². The van der Waals surface area contributed by atoms with Crippen LogP contribution in [-0.4, -0.2) is 28.2 Å². The second-order valence-corrected chi connectivity index (χ2v) is 6.41. The van der Waals surface area contributed by atoms with Gasteiger partial charge < -0.3 is 10.0 Å². The van der Waals surface area contributed by atoms with Crippen molar-refractivity contribution < 1.29 is 5.11 Å². The fourth-order valence-corrected chi connectivity index (χ4v) is 3.07. The molecule has 1 saturated carbocycles. The van der Waals surface area contributed by atoms with Crippen molar-refractivity contribution in [3.63, 3.8) is 0 Å². The highest BCUT2D eigenvalue weighted by Gasteiger charge is 2.24. The highest BCUT2D eigenvalue weighted by atomic mass is 16.3. The molecule has 1 aromatic heterocycles. The minimum absolute atomic E-state index is 0.0236. The minimum Gasteiger partial charge on any atom is -0.390 e. The van der Waals surface area contributed by atoms with Crippen LogP contribution in [0.4, 0.5) is 5.69 Å². The molecule has 0 spiro atoms. The summed E-state index contributed by atoms with van der Waals surface area (Å²) in [5.74, 6) is 1.88. The number of hydrogen-bond acceptors (Lipinski definition) is 4. The smallest absolute Gasteiger partial charge is 0.131 e. The molecule has 2 rings (SSSR count). The fourth-order valence-electron chi connectivity index (χ4n) is 3.07. The van der Waals surface area contributed by atoms with Crippen LogP contribution in [0.1, 0.15) is 63.9 Å². The molecule has 1 N–H and O–H groups in total. The van der Waals surface area contributed by atoms with E-state index < -0.39 is 0 Å². The number of aromatic nitrogens is 2. The van der Waals surface area contributed by atoms with Crippen molar-refractivity contribution in [1.82, 2.24) is 9.97 Å². The zero-order valence-electron chi connectivity index (χ0n) is 13.1. The summed E-state index contributed by atoms with van der Waals surface area (Å²) in [4.78, 5) is 11.2. The van der Waals surface area contributed by atoms with Crippen molar-refractivity contribution in [3.8, 4) is 0 Å². The fraction of sp³-hybridized carbons (Fsp3) is 0.750. The molecule has 0 aliphatic heterocycles. The van der Waals surface area contributed by atoms with Crippen LogP contribution in [0.2, 0.25) is 0 Å². The van der Waals surface area contributed by atoms with Gasteiger partial charge in [0.15, 0.2) is 0 Å². The first-order chi connectivity index (χ1) is 9.52. The summed E-state index contributed by atoms with van der Waals surface area (Å²) in [6.07, 6.45) is 6.94. The van der Waals surface area contributed by atoms with E-state index in [1.54, 1.807) is 0 Å². The highest BCUT2D eigenvalue weighted by Crippen LogP contribution is 2.30. The van der Waals surface area contributed by atoms with Crippen molar-refractivity contribution in [1.29, 1.82) is 0 Å². The number of rotatable bonds is 4. The van der Waals surface area contributed by atoms with E-state index in [4.69, 9.17) is 0 Å². The second kappa shape index (κ2) is 6.53. The van der Waals surface area contributed by atoms with Crippen molar-refractivity contribution in [3.05, 3.63) is 17.7 Å². The lowest BCUT2D eigenvalue weighted by Crippen LogP contribution is -2.36. The maximum atomic E-state index is 9.61. The average Bonchev–Trinajstić information content (AvgIpc) is 2.45. The van der Waals surface area contributed by atoms with Gasteiger partial charge in [-0.3, -0.25) is 0 Å². The van der Waals surface area contributed by atoms with E-state index in [9.17, 15) is 5.11 Å². The van der Waals surface area contributed by atoms with Crippen LogP contribution in [0.5, 0.6) is 0 Å². The Morgan fingerprint density at radius 3 is 2.75 bits per heavy atom. The van der Waals surface area contributed by atoms with Crippen LogP contribution in [0.15, 0.2) is 6.20 Å². The van der Waals surface area contributed by atoms with Gasteiger partial charge in [-0.15, -0.1) is 0 Å². The Labute approximate surface area is 122 Å². The molecule has 1 aliphatic carbocycles. The molecule has 1 heterocycles. The molecule has 4 heteroatoms. The summed E-state index contributed by atoms with van der Waals surface area (Å²) < 4.78 is 0. The van der Waals surface area contributed by atoms with Crippen LogP contribution in [-0.2, 0) is 6.61 Å². The third-order valence-electron chi connectivity index (χ3n) is 4.37. The van der Waals surface area contributed by atoms with Gasteiger partial charge in [0.05, 0.1) is 24.2 Å². The van der Waals surface area contributed by atoms with Gasteiger partial charge in [-0.25, -0.2) is 9.97 Å². The number of aliphatic hydroxyl groups is 1. The number of nitrogens with zero attached hydrogens (tertiary/aromatic N) is 3. The van der Waals surface area contributed by atoms with Crippen molar-refractivity contribution in [2.45, 2.75) is 65.0 Å². The number of aliphatic hydroxyl groups excluding tert-OH is 1. The normalized spacial score (nSPS) is 23.1. The van der Waals surface area contributed by atoms with E-state index in [2.05, 4.69) is 42.7 Å². The third kappa shape index (κ3) is 3.29. The standard InChI is InChI=1S/C16H27N3O/c1-11(2)16-17-9-15(14(10-20)18-16)19(4)13-7-5-6-12(3)8-13/h9,11-13,20H,5-8,10H2,1-4H3. The predicted octanol–water partition coefficient (Wildman–Crippen LogP) is 3.11. The Hall–Kier alpha value is -1.16. The summed E-state index contributed by atoms with van der Waals surface area (Å²) in [6, 6.07) is 0.539. The highest BCUT2D eigenvalue weighted by molar-refractivity contribution is 5.49. The number of anilines is 1. The topological polar surface area (TPSA) is 49.2 Å². The first kappa shape index (κ1) is 15.2. The first-order valence-electron chi connectivity index (χ1n) is 7.72. The second-order valence-electron chi connectivity index (χ2n) is 6.41. The lowest BCUT2D eigenvalue weighted by molar-refractivity contribution is 0.275. The molecule has 0 saturated heterocycles. The molecule has 1 aromatic rings. The molecule has 2 unspecified atom stereocenters. The van der Waals surface area contributed by atoms with E-state index >= 15 is 0 Å². The minimum atomic E-state index is -0.0236. The lowest BCUT2D eigenvalue weighted by Gasteiger charge is -2.36. The monoisotopic (exact) mass is 277 g/mol. The van der Waals surface area contributed by atoms with Gasteiger partial charge in [0.25, 0.3) is 0 Å². The molecule has 20 heavy (non-hydrogen) atoms. The lowest BCUT2D eigenvalue weighted by atomic mass is 9.86. The molecular formula is C16H27N3O. The van der Waals surface area contributed by atoms with Crippen molar-refractivity contribution >= 4 is 5.69 Å². The molecule has 4 nitrogen and oxygen atoms in total. The molecule has 0 amide bonds. The molecule has 0 radical (unpaired) electrons. The Morgan fingerprint density at radius 1 is 1.40 bits per heavy atom. The van der Waals surface area contributed by atoms with Crippen LogP contribution in [0.3, 0.4) is 0 Å². The Kier molecular flexibility index (Phi) is 4.97. The SMILES string of the molecule is CC1CCCC(N(C)c2cnc(C(C)C)nc2CO)C1. The summed E-state index contributed by atoms with van der Waals surface area (Å²) >= 11 is 0. The van der Waals surface area contributed by atoms with Crippen LogP contribution in [0, 0.1) is 5.92 Å². The summed E-state index contributed by atoms with van der Waals surface area (Å²) in [7, 11) is 2.11. The van der Waals surface area contributed by atoms with E-state index in [1.807, 2.05) is 6.20 Å². The van der Waals surface area contributed by atoms with Gasteiger partial charge in [0.1, 0.15) is 5.82 Å². The van der Waals surface area contributed by atoms with Crippen molar-refractivity contribution in [2.24, 2.45) is 5.92 Å². The quantitative estimate of drug-likeness (QED) is 0.918. The maximum Gasteiger partial charge on any atom is 0.131 e. The molecule has 0 bridgehead atoms. The molecule has 1 aliphatic rings. The van der Waals surface area contributed by atoms with Gasteiger partial charge in [0.2, 0.25) is 0 Å². The molecule has 0 aromatic carbocycles. The van der Waals surface area contributed by atoms with Gasteiger partial charge in [-0.05, 0) is 18.8 Å². The number of hydrogen-bond donors (Lipinski definition) is 1. The summed E-state index contributed by atoms with van der Waals surface area (Å²) in [5, 5.41) is 9.61. The first-order valence-corrected chi connectivity index (χ1v) is 7.72. The third-order valence-corrected chi connectivity index (χ3v) is 4.37. The van der Waals surface area contributed by atoms with E-state index in [0.29, 0.717) is 6.04 Å². The molecule has 2 atom stereocenters. The zero-order chi connectivity index (χ0) is 14.7. The van der Waals surface area contributed by atoms with Crippen LogP contribution >= 0.6 is 0 Å². The maximum absolute atomic E-state index is 9.61. The molecular weight excluding hydrogens is 250 g/mol. The largest absolute Gasteiger partial charge is 0.390 e. The van der Waals surface area contributed by atoms with Crippen molar-refractivity contribution in [2.75, 3.05) is 11.9 Å². The molecule has 1 fully saturated rings. The van der Waals surface area contributed by atoms with Gasteiger partial charge in [-0.2, -0.15) is 0 Å². The van der Waals surface area contributed by atoms with Gasteiger partial charge in [0, 0.05) is 19.0 Å². The van der Waals surface area contributed by atoms with E-state index in [1.165, 1.54) is 25.7 Å². The van der Waals surface area contributed by atoms with Gasteiger partial charge >= 0.3 is 0 Å².